The van der Waals surface area contributed by atoms with Crippen molar-refractivity contribution < 1.29 is 12.4 Å². The average Bonchev–Trinajstić information content (AvgIpc) is 1.91. The van der Waals surface area contributed by atoms with Crippen LogP contribution in [-0.4, -0.2) is 15.2 Å². The van der Waals surface area contributed by atoms with Gasteiger partial charge in [0.05, 0.1) is 0 Å². The van der Waals surface area contributed by atoms with E-state index in [0.29, 0.717) is 0 Å². The molecule has 0 aliphatic heterocycles. The maximum Gasteiger partial charge on any atom is -1.00 e. The number of benzene rings is 1. The molecular formula is C8H13AlClN. The molecule has 0 radical (unpaired) electrons. The predicted molar refractivity (Wildman–Crippen MR) is 48.3 cm³/mol. The van der Waals surface area contributed by atoms with E-state index in [2.05, 4.69) is 11.6 Å². The van der Waals surface area contributed by atoms with Crippen molar-refractivity contribution in [3.8, 4) is 0 Å². The van der Waals surface area contributed by atoms with E-state index >= 15 is 0 Å². The van der Waals surface area contributed by atoms with Crippen LogP contribution < -0.4 is 18.1 Å². The Balaban J connectivity index is 0. The molecule has 0 amide bonds. The van der Waals surface area contributed by atoms with Crippen molar-refractivity contribution in [2.75, 3.05) is 5.73 Å². The largest absolute Gasteiger partial charge is 1.00 e. The number of hydrogen-bond acceptors (Lipinski definition) is 1. The minimum atomic E-state index is 0. The fourth-order valence-electron chi connectivity index (χ4n) is 0.453. The Kier molecular flexibility index (Phi) is 12.0. The van der Waals surface area contributed by atoms with E-state index in [0.717, 1.165) is 20.9 Å². The number of halogens is 1. The minimum Gasteiger partial charge on any atom is -1.00 e. The average molecular weight is 186 g/mol. The van der Waals surface area contributed by atoms with Gasteiger partial charge < -0.3 is 18.1 Å². The topological polar surface area (TPSA) is 26.0 Å². The second-order valence-electron chi connectivity index (χ2n) is 1.99. The zero-order valence-electron chi connectivity index (χ0n) is 6.92. The maximum atomic E-state index is 5.36. The third-order valence-electron chi connectivity index (χ3n) is 0.800. The van der Waals surface area contributed by atoms with Crippen LogP contribution in [-0.2, 0) is 0 Å². The normalized spacial score (nSPS) is 6.36. The Hall–Kier alpha value is -0.158. The number of rotatable bonds is 0. The summed E-state index contributed by atoms with van der Waals surface area (Å²) < 4.78 is 0. The van der Waals surface area contributed by atoms with Crippen LogP contribution in [0.15, 0.2) is 30.3 Å². The van der Waals surface area contributed by atoms with E-state index in [9.17, 15) is 0 Å². The molecule has 1 aromatic carbocycles. The van der Waals surface area contributed by atoms with E-state index in [1.165, 1.54) is 0 Å². The van der Waals surface area contributed by atoms with Gasteiger partial charge in [0.25, 0.3) is 0 Å². The zero-order chi connectivity index (χ0) is 7.82. The summed E-state index contributed by atoms with van der Waals surface area (Å²) in [5, 5.41) is 0. The molecule has 0 atom stereocenters. The molecule has 1 rings (SSSR count). The van der Waals surface area contributed by atoms with Gasteiger partial charge in [-0.2, -0.15) is 0 Å². The summed E-state index contributed by atoms with van der Waals surface area (Å²) in [6.45, 7) is 0. The van der Waals surface area contributed by atoms with Crippen molar-refractivity contribution in [2.24, 2.45) is 0 Å². The SMILES string of the molecule is Nc1ccccc1.[CH3][Al+][CH3].[Cl-]. The molecule has 0 aliphatic rings. The molecule has 0 aromatic heterocycles. The van der Waals surface area contributed by atoms with Gasteiger partial charge in [-0.1, -0.05) is 18.2 Å². The monoisotopic (exact) mass is 185 g/mol. The molecule has 0 saturated carbocycles. The van der Waals surface area contributed by atoms with Crippen molar-refractivity contribution in [3.05, 3.63) is 30.3 Å². The maximum absolute atomic E-state index is 5.36. The Morgan fingerprint density at radius 1 is 1.09 bits per heavy atom. The number of anilines is 1. The van der Waals surface area contributed by atoms with Gasteiger partial charge in [-0.15, -0.1) is 0 Å². The van der Waals surface area contributed by atoms with E-state index in [1.54, 1.807) is 0 Å². The summed E-state index contributed by atoms with van der Waals surface area (Å²) in [4.78, 5) is 0. The molecule has 0 aliphatic carbocycles. The standard InChI is InChI=1S/C6H7N.2CH3.Al.ClH/c7-6-4-2-1-3-5-6;;;;/h1-5H,7H2;2*1H3;;1H/q;;;+1;/p-1. The molecule has 2 N–H and O–H groups in total. The molecule has 1 nitrogen and oxygen atoms in total. The van der Waals surface area contributed by atoms with Crippen LogP contribution in [0.5, 0.6) is 0 Å². The van der Waals surface area contributed by atoms with Crippen LogP contribution >= 0.6 is 0 Å². The summed E-state index contributed by atoms with van der Waals surface area (Å²) in [5.74, 6) is 4.42. The van der Waals surface area contributed by atoms with Crippen molar-refractivity contribution >= 4 is 20.9 Å². The molecule has 0 unspecified atom stereocenters. The molecule has 0 saturated heterocycles. The summed E-state index contributed by atoms with van der Waals surface area (Å²) in [7, 11) is 0. The molecule has 11 heavy (non-hydrogen) atoms. The first kappa shape index (κ1) is 13.4. The minimum absolute atomic E-state index is 0. The van der Waals surface area contributed by atoms with E-state index < -0.39 is 0 Å². The van der Waals surface area contributed by atoms with E-state index in [-0.39, 0.29) is 12.4 Å². The Bertz CT molecular complexity index is 155. The molecule has 0 bridgehead atoms. The summed E-state index contributed by atoms with van der Waals surface area (Å²) in [5.41, 5.74) is 6.18. The van der Waals surface area contributed by atoms with Gasteiger partial charge in [0.2, 0.25) is 0 Å². The zero-order valence-corrected chi connectivity index (χ0v) is 8.83. The van der Waals surface area contributed by atoms with Gasteiger partial charge in [-0.25, -0.2) is 0 Å². The van der Waals surface area contributed by atoms with Gasteiger partial charge in [0, 0.05) is 5.69 Å². The Morgan fingerprint density at radius 2 is 1.45 bits per heavy atom. The van der Waals surface area contributed by atoms with Gasteiger partial charge >= 0.3 is 26.8 Å². The van der Waals surface area contributed by atoms with E-state index in [4.69, 9.17) is 5.73 Å². The Morgan fingerprint density at radius 3 is 1.64 bits per heavy atom. The number of nitrogens with two attached hydrogens (primary N) is 1. The fourth-order valence-corrected chi connectivity index (χ4v) is 0.453. The number of nitrogen functional groups attached to an aromatic ring is 1. The van der Waals surface area contributed by atoms with Crippen molar-refractivity contribution in [2.45, 2.75) is 11.6 Å². The second-order valence-corrected chi connectivity index (χ2v) is 3.14. The van der Waals surface area contributed by atoms with Crippen molar-refractivity contribution in [1.82, 2.24) is 0 Å². The first-order valence-electron chi connectivity index (χ1n) is 3.35. The van der Waals surface area contributed by atoms with Crippen molar-refractivity contribution in [1.29, 1.82) is 0 Å². The molecule has 60 valence electrons. The van der Waals surface area contributed by atoms with Crippen LogP contribution in [0.3, 0.4) is 0 Å². The predicted octanol–water partition coefficient (Wildman–Crippen LogP) is -0.940. The summed E-state index contributed by atoms with van der Waals surface area (Å²) in [6, 6.07) is 9.49. The van der Waals surface area contributed by atoms with Crippen LogP contribution in [0.4, 0.5) is 5.69 Å². The quantitative estimate of drug-likeness (QED) is 0.410. The molecule has 0 fully saturated rings. The second kappa shape index (κ2) is 9.84. The van der Waals surface area contributed by atoms with Crippen LogP contribution in [0, 0.1) is 0 Å². The summed E-state index contributed by atoms with van der Waals surface area (Å²) >= 11 is 0.750. The Labute approximate surface area is 81.1 Å². The van der Waals surface area contributed by atoms with Gasteiger partial charge in [-0.3, -0.25) is 0 Å². The third kappa shape index (κ3) is 9.84. The number of para-hydroxylation sites is 1. The first-order chi connectivity index (χ1) is 4.81. The molecule has 0 heterocycles. The van der Waals surface area contributed by atoms with E-state index in [1.807, 2.05) is 30.3 Å². The van der Waals surface area contributed by atoms with Gasteiger partial charge in [0.15, 0.2) is 0 Å². The van der Waals surface area contributed by atoms with Crippen LogP contribution in [0.25, 0.3) is 0 Å². The third-order valence-corrected chi connectivity index (χ3v) is 0.800. The molecule has 1 aromatic rings. The first-order valence-corrected chi connectivity index (χ1v) is 5.66. The van der Waals surface area contributed by atoms with Crippen LogP contribution in [0.2, 0.25) is 11.6 Å². The summed E-state index contributed by atoms with van der Waals surface area (Å²) in [6.07, 6.45) is 0. The molecule has 3 heteroatoms. The smallest absolute Gasteiger partial charge is 1.00 e. The molecular weight excluding hydrogens is 173 g/mol. The van der Waals surface area contributed by atoms with Crippen molar-refractivity contribution in [3.63, 3.8) is 0 Å². The van der Waals surface area contributed by atoms with Gasteiger partial charge in [-0.05, 0) is 12.1 Å². The van der Waals surface area contributed by atoms with Gasteiger partial charge in [0.1, 0.15) is 0 Å². The fraction of sp³-hybridized carbons (Fsp3) is 0.250. The number of hydrogen-bond donors (Lipinski definition) is 1. The van der Waals surface area contributed by atoms with Crippen LogP contribution in [0.1, 0.15) is 0 Å². The molecule has 0 spiro atoms.